The molecule has 4 heteroatoms. The van der Waals surface area contributed by atoms with E-state index in [2.05, 4.69) is 15.9 Å². The summed E-state index contributed by atoms with van der Waals surface area (Å²) in [7, 11) is 3.93. The maximum absolute atomic E-state index is 10.1. The molecule has 0 spiro atoms. The quantitative estimate of drug-likeness (QED) is 0.751. The highest BCUT2D eigenvalue weighted by Crippen LogP contribution is 2.41. The van der Waals surface area contributed by atoms with E-state index < -0.39 is 0 Å². The van der Waals surface area contributed by atoms with Gasteiger partial charge in [0.1, 0.15) is 11.3 Å². The zero-order valence-electron chi connectivity index (χ0n) is 11.9. The number of furan rings is 1. The Morgan fingerprint density at radius 2 is 1.81 bits per heavy atom. The van der Waals surface area contributed by atoms with Gasteiger partial charge in [-0.15, -0.1) is 0 Å². The first-order valence-corrected chi connectivity index (χ1v) is 7.50. The van der Waals surface area contributed by atoms with Crippen LogP contribution in [0.2, 0.25) is 0 Å². The van der Waals surface area contributed by atoms with E-state index >= 15 is 0 Å². The van der Waals surface area contributed by atoms with Crippen LogP contribution in [0.1, 0.15) is 5.56 Å². The van der Waals surface area contributed by atoms with Crippen LogP contribution in [0, 0.1) is 0 Å². The van der Waals surface area contributed by atoms with Crippen molar-refractivity contribution < 1.29 is 9.52 Å². The van der Waals surface area contributed by atoms with Crippen molar-refractivity contribution in [2.75, 3.05) is 14.1 Å². The number of halogens is 1. The third kappa shape index (κ3) is 2.57. The van der Waals surface area contributed by atoms with Crippen LogP contribution in [0.3, 0.4) is 0 Å². The van der Waals surface area contributed by atoms with Crippen LogP contribution in [-0.2, 0) is 6.54 Å². The van der Waals surface area contributed by atoms with Gasteiger partial charge in [-0.2, -0.15) is 0 Å². The summed E-state index contributed by atoms with van der Waals surface area (Å²) in [4.78, 5) is 2.01. The molecule has 21 heavy (non-hydrogen) atoms. The largest absolute Gasteiger partial charge is 0.507 e. The van der Waals surface area contributed by atoms with Gasteiger partial charge in [0.05, 0.1) is 5.56 Å². The Morgan fingerprint density at radius 1 is 1.10 bits per heavy atom. The smallest absolute Gasteiger partial charge is 0.178 e. The van der Waals surface area contributed by atoms with E-state index in [1.165, 1.54) is 0 Å². The number of phenols is 1. The lowest BCUT2D eigenvalue weighted by molar-refractivity contribution is 0.384. The summed E-state index contributed by atoms with van der Waals surface area (Å²) in [5, 5.41) is 11.1. The second-order valence-corrected chi connectivity index (χ2v) is 6.01. The van der Waals surface area contributed by atoms with Gasteiger partial charge in [-0.3, -0.25) is 0 Å². The zero-order valence-corrected chi connectivity index (χ0v) is 13.5. The highest BCUT2D eigenvalue weighted by atomic mass is 79.9. The maximum Gasteiger partial charge on any atom is 0.178 e. The van der Waals surface area contributed by atoms with E-state index in [4.69, 9.17) is 4.42 Å². The van der Waals surface area contributed by atoms with Crippen molar-refractivity contribution >= 4 is 26.9 Å². The predicted molar refractivity (Wildman–Crippen MR) is 88.4 cm³/mol. The zero-order chi connectivity index (χ0) is 15.0. The standard InChI is InChI=1S/C17H16BrNO2/c1-19(2)10-13-14(20)9-8-12-15(17(18)21-16(12)13)11-6-4-3-5-7-11/h3-9,20H,10H2,1-2H3. The van der Waals surface area contributed by atoms with Crippen molar-refractivity contribution in [3.8, 4) is 16.9 Å². The average molecular weight is 346 g/mol. The number of hydrogen-bond acceptors (Lipinski definition) is 3. The minimum Gasteiger partial charge on any atom is -0.507 e. The van der Waals surface area contributed by atoms with Gasteiger partial charge in [0.25, 0.3) is 0 Å². The number of nitrogens with zero attached hydrogens (tertiary/aromatic N) is 1. The monoisotopic (exact) mass is 345 g/mol. The number of phenolic OH excluding ortho intramolecular Hbond substituents is 1. The molecule has 1 N–H and O–H groups in total. The third-order valence-electron chi connectivity index (χ3n) is 3.43. The summed E-state index contributed by atoms with van der Waals surface area (Å²) in [6.45, 7) is 0.622. The molecule has 2 aromatic carbocycles. The fraction of sp³-hybridized carbons (Fsp3) is 0.176. The molecule has 3 rings (SSSR count). The maximum atomic E-state index is 10.1. The summed E-state index contributed by atoms with van der Waals surface area (Å²) in [6.07, 6.45) is 0. The number of rotatable bonds is 3. The number of benzene rings is 2. The Kier molecular flexibility index (Phi) is 3.74. The number of fused-ring (bicyclic) bond motifs is 1. The van der Waals surface area contributed by atoms with Crippen molar-refractivity contribution in [1.29, 1.82) is 0 Å². The average Bonchev–Trinajstić information content (AvgIpc) is 2.79. The van der Waals surface area contributed by atoms with Crippen molar-refractivity contribution in [1.82, 2.24) is 4.90 Å². The van der Waals surface area contributed by atoms with Crippen LogP contribution in [0.5, 0.6) is 5.75 Å². The molecular weight excluding hydrogens is 330 g/mol. The van der Waals surface area contributed by atoms with Crippen LogP contribution in [-0.4, -0.2) is 24.1 Å². The molecule has 0 amide bonds. The minimum absolute atomic E-state index is 0.261. The minimum atomic E-state index is 0.261. The molecule has 0 aliphatic heterocycles. The first kappa shape index (κ1) is 14.2. The first-order chi connectivity index (χ1) is 10.1. The Hall–Kier alpha value is -1.78. The van der Waals surface area contributed by atoms with Crippen LogP contribution in [0.15, 0.2) is 51.6 Å². The Bertz CT molecular complexity index is 778. The molecule has 0 saturated carbocycles. The molecule has 0 fully saturated rings. The van der Waals surface area contributed by atoms with Crippen LogP contribution in [0.4, 0.5) is 0 Å². The summed E-state index contributed by atoms with van der Waals surface area (Å²) in [6, 6.07) is 13.7. The van der Waals surface area contributed by atoms with E-state index in [1.807, 2.05) is 55.4 Å². The Morgan fingerprint density at radius 3 is 2.48 bits per heavy atom. The van der Waals surface area contributed by atoms with Gasteiger partial charge in [-0.25, -0.2) is 0 Å². The van der Waals surface area contributed by atoms with Crippen molar-refractivity contribution in [3.05, 3.63) is 52.7 Å². The first-order valence-electron chi connectivity index (χ1n) is 6.71. The van der Waals surface area contributed by atoms with Crippen LogP contribution < -0.4 is 0 Å². The lowest BCUT2D eigenvalue weighted by atomic mass is 10.0. The molecule has 0 aliphatic rings. The second kappa shape index (κ2) is 5.54. The molecule has 1 heterocycles. The van der Waals surface area contributed by atoms with Crippen LogP contribution >= 0.6 is 15.9 Å². The van der Waals surface area contributed by atoms with E-state index in [0.29, 0.717) is 11.2 Å². The van der Waals surface area contributed by atoms with Crippen molar-refractivity contribution in [3.63, 3.8) is 0 Å². The normalized spacial score (nSPS) is 11.4. The molecule has 0 radical (unpaired) electrons. The summed E-state index contributed by atoms with van der Waals surface area (Å²) < 4.78 is 6.59. The lowest BCUT2D eigenvalue weighted by Gasteiger charge is -2.11. The molecular formula is C17H16BrNO2. The van der Waals surface area contributed by atoms with Crippen molar-refractivity contribution in [2.45, 2.75) is 6.54 Å². The van der Waals surface area contributed by atoms with Gasteiger partial charge in [0.2, 0.25) is 0 Å². The molecule has 0 saturated heterocycles. The molecule has 1 aromatic heterocycles. The van der Waals surface area contributed by atoms with Gasteiger partial charge in [0.15, 0.2) is 4.67 Å². The molecule has 0 unspecified atom stereocenters. The molecule has 3 aromatic rings. The Labute approximate surface area is 131 Å². The van der Waals surface area contributed by atoms with Gasteiger partial charge >= 0.3 is 0 Å². The molecule has 3 nitrogen and oxygen atoms in total. The SMILES string of the molecule is CN(C)Cc1c(O)ccc2c(-c3ccccc3)c(Br)oc12. The number of aromatic hydroxyl groups is 1. The van der Waals surface area contributed by atoms with Gasteiger partial charge in [-0.05, 0) is 47.7 Å². The molecule has 0 atom stereocenters. The Balaban J connectivity index is 2.27. The summed E-state index contributed by atoms with van der Waals surface area (Å²) in [5.74, 6) is 0.261. The third-order valence-corrected chi connectivity index (χ3v) is 3.99. The fourth-order valence-electron chi connectivity index (χ4n) is 2.52. The summed E-state index contributed by atoms with van der Waals surface area (Å²) >= 11 is 3.51. The van der Waals surface area contributed by atoms with E-state index in [1.54, 1.807) is 6.07 Å². The van der Waals surface area contributed by atoms with Crippen molar-refractivity contribution in [2.24, 2.45) is 0 Å². The van der Waals surface area contributed by atoms with Gasteiger partial charge < -0.3 is 14.4 Å². The molecule has 0 aliphatic carbocycles. The highest BCUT2D eigenvalue weighted by molar-refractivity contribution is 9.10. The van der Waals surface area contributed by atoms with E-state index in [9.17, 15) is 5.11 Å². The van der Waals surface area contributed by atoms with Gasteiger partial charge in [0, 0.05) is 17.5 Å². The topological polar surface area (TPSA) is 36.6 Å². The fourth-order valence-corrected chi connectivity index (χ4v) is 3.12. The molecule has 108 valence electrons. The van der Waals surface area contributed by atoms with E-state index in [0.717, 1.165) is 27.7 Å². The second-order valence-electron chi connectivity index (χ2n) is 5.29. The summed E-state index contributed by atoms with van der Waals surface area (Å²) in [5.41, 5.74) is 3.64. The van der Waals surface area contributed by atoms with Gasteiger partial charge in [-0.1, -0.05) is 30.3 Å². The number of hydrogen-bond donors (Lipinski definition) is 1. The van der Waals surface area contributed by atoms with E-state index in [-0.39, 0.29) is 5.75 Å². The molecule has 0 bridgehead atoms. The highest BCUT2D eigenvalue weighted by Gasteiger charge is 2.19. The predicted octanol–water partition coefficient (Wildman–Crippen LogP) is 4.63. The van der Waals surface area contributed by atoms with Crippen LogP contribution in [0.25, 0.3) is 22.1 Å². The lowest BCUT2D eigenvalue weighted by Crippen LogP contribution is -2.10.